The zero-order valence-electron chi connectivity index (χ0n) is 9.97. The highest BCUT2D eigenvalue weighted by molar-refractivity contribution is 9.09. The molecule has 2 unspecified atom stereocenters. The van der Waals surface area contributed by atoms with E-state index in [1.54, 1.807) is 19.2 Å². The van der Waals surface area contributed by atoms with Gasteiger partial charge in [-0.1, -0.05) is 42.3 Å². The smallest absolute Gasteiger partial charge is 0.130 e. The Bertz CT molecular complexity index is 341. The molecule has 1 rings (SSSR count). The third-order valence-electron chi connectivity index (χ3n) is 2.80. The fourth-order valence-corrected chi connectivity index (χ4v) is 2.57. The van der Waals surface area contributed by atoms with Crippen molar-refractivity contribution in [3.8, 4) is 5.75 Å². The molecule has 1 nitrogen and oxygen atoms in total. The molecule has 0 amide bonds. The van der Waals surface area contributed by atoms with Crippen LogP contribution < -0.4 is 4.74 Å². The van der Waals surface area contributed by atoms with E-state index in [0.29, 0.717) is 11.3 Å². The van der Waals surface area contributed by atoms with Crippen LogP contribution in [-0.4, -0.2) is 11.9 Å². The summed E-state index contributed by atoms with van der Waals surface area (Å²) in [5, 5.41) is 0. The van der Waals surface area contributed by atoms with Gasteiger partial charge in [0.1, 0.15) is 11.6 Å². The molecule has 0 aliphatic carbocycles. The maximum atomic E-state index is 13.8. The van der Waals surface area contributed by atoms with E-state index in [2.05, 4.69) is 22.9 Å². The number of benzene rings is 1. The molecule has 2 atom stereocenters. The number of ether oxygens (including phenoxy) is 1. The van der Waals surface area contributed by atoms with E-state index in [9.17, 15) is 4.39 Å². The van der Waals surface area contributed by atoms with Crippen LogP contribution in [-0.2, 0) is 0 Å². The zero-order chi connectivity index (χ0) is 12.1. The lowest BCUT2D eigenvalue weighted by atomic mass is 9.94. The number of methoxy groups -OCH3 is 1. The van der Waals surface area contributed by atoms with Gasteiger partial charge < -0.3 is 4.74 Å². The molecule has 0 fully saturated rings. The van der Waals surface area contributed by atoms with Gasteiger partial charge in [0, 0.05) is 16.3 Å². The van der Waals surface area contributed by atoms with Gasteiger partial charge >= 0.3 is 0 Å². The minimum atomic E-state index is -0.188. The molecule has 0 heterocycles. The summed E-state index contributed by atoms with van der Waals surface area (Å²) in [5.41, 5.74) is 0.667. The van der Waals surface area contributed by atoms with Gasteiger partial charge in [-0.25, -0.2) is 4.39 Å². The van der Waals surface area contributed by atoms with Crippen molar-refractivity contribution in [3.63, 3.8) is 0 Å². The molecule has 1 aromatic carbocycles. The van der Waals surface area contributed by atoms with E-state index in [1.165, 1.54) is 6.07 Å². The van der Waals surface area contributed by atoms with Gasteiger partial charge in [-0.3, -0.25) is 0 Å². The first-order valence-electron chi connectivity index (χ1n) is 5.58. The largest absolute Gasteiger partial charge is 0.496 e. The maximum Gasteiger partial charge on any atom is 0.130 e. The Morgan fingerprint density at radius 3 is 2.69 bits per heavy atom. The average Bonchev–Trinajstić information content (AvgIpc) is 2.28. The first kappa shape index (κ1) is 13.5. The SMILES string of the molecule is CCCC(Br)C(C)c1c(F)cccc1OC. The van der Waals surface area contributed by atoms with Crippen molar-refractivity contribution in [2.24, 2.45) is 0 Å². The van der Waals surface area contributed by atoms with Gasteiger partial charge in [0.05, 0.1) is 7.11 Å². The van der Waals surface area contributed by atoms with Crippen LogP contribution in [0.3, 0.4) is 0 Å². The molecule has 0 radical (unpaired) electrons. The van der Waals surface area contributed by atoms with E-state index >= 15 is 0 Å². The molecular formula is C13H18BrFO. The lowest BCUT2D eigenvalue weighted by molar-refractivity contribution is 0.399. The quantitative estimate of drug-likeness (QED) is 0.725. The summed E-state index contributed by atoms with van der Waals surface area (Å²) < 4.78 is 19.0. The monoisotopic (exact) mass is 288 g/mol. The van der Waals surface area contributed by atoms with Gasteiger partial charge in [-0.15, -0.1) is 0 Å². The Kier molecular flexibility index (Phi) is 5.26. The maximum absolute atomic E-state index is 13.8. The molecule has 0 saturated carbocycles. The molecule has 16 heavy (non-hydrogen) atoms. The molecule has 0 spiro atoms. The Hall–Kier alpha value is -0.570. The van der Waals surface area contributed by atoms with Crippen molar-refractivity contribution in [2.75, 3.05) is 7.11 Å². The van der Waals surface area contributed by atoms with E-state index in [4.69, 9.17) is 4.74 Å². The van der Waals surface area contributed by atoms with E-state index < -0.39 is 0 Å². The van der Waals surface area contributed by atoms with Crippen LogP contribution in [0.5, 0.6) is 5.75 Å². The van der Waals surface area contributed by atoms with E-state index in [1.807, 2.05) is 6.92 Å². The van der Waals surface area contributed by atoms with Gasteiger partial charge in [0.25, 0.3) is 0 Å². The highest BCUT2D eigenvalue weighted by Crippen LogP contribution is 2.35. The summed E-state index contributed by atoms with van der Waals surface area (Å²) >= 11 is 3.62. The second-order valence-corrected chi connectivity index (χ2v) is 5.13. The summed E-state index contributed by atoms with van der Waals surface area (Å²) in [7, 11) is 1.58. The zero-order valence-corrected chi connectivity index (χ0v) is 11.6. The number of alkyl halides is 1. The molecule has 0 aliphatic rings. The van der Waals surface area contributed by atoms with Crippen molar-refractivity contribution < 1.29 is 9.13 Å². The second kappa shape index (κ2) is 6.24. The minimum Gasteiger partial charge on any atom is -0.496 e. The van der Waals surface area contributed by atoms with Crippen LogP contribution in [0.15, 0.2) is 18.2 Å². The number of hydrogen-bond donors (Lipinski definition) is 0. The molecule has 3 heteroatoms. The van der Waals surface area contributed by atoms with E-state index in [0.717, 1.165) is 12.8 Å². The van der Waals surface area contributed by atoms with Crippen molar-refractivity contribution in [1.82, 2.24) is 0 Å². The lowest BCUT2D eigenvalue weighted by Crippen LogP contribution is -2.12. The molecule has 0 saturated heterocycles. The Morgan fingerprint density at radius 2 is 2.12 bits per heavy atom. The predicted molar refractivity (Wildman–Crippen MR) is 69.0 cm³/mol. The topological polar surface area (TPSA) is 9.23 Å². The first-order chi connectivity index (χ1) is 7.61. The molecule has 0 aromatic heterocycles. The minimum absolute atomic E-state index is 0.107. The van der Waals surface area contributed by atoms with Gasteiger partial charge in [0.15, 0.2) is 0 Å². The van der Waals surface area contributed by atoms with Crippen LogP contribution in [0, 0.1) is 5.82 Å². The van der Waals surface area contributed by atoms with Crippen LogP contribution >= 0.6 is 15.9 Å². The Morgan fingerprint density at radius 1 is 1.44 bits per heavy atom. The van der Waals surface area contributed by atoms with Crippen LogP contribution in [0.2, 0.25) is 0 Å². The summed E-state index contributed by atoms with van der Waals surface area (Å²) in [5.74, 6) is 0.552. The second-order valence-electron chi connectivity index (χ2n) is 3.95. The highest BCUT2D eigenvalue weighted by Gasteiger charge is 2.22. The fraction of sp³-hybridized carbons (Fsp3) is 0.538. The van der Waals surface area contributed by atoms with E-state index in [-0.39, 0.29) is 16.6 Å². The average molecular weight is 289 g/mol. The molecule has 0 N–H and O–H groups in total. The standard InChI is InChI=1S/C13H18BrFO/c1-4-6-10(14)9(2)13-11(15)7-5-8-12(13)16-3/h5,7-10H,4,6H2,1-3H3. The number of rotatable bonds is 5. The first-order valence-corrected chi connectivity index (χ1v) is 6.49. The van der Waals surface area contributed by atoms with Gasteiger partial charge in [0.2, 0.25) is 0 Å². The van der Waals surface area contributed by atoms with Crippen molar-refractivity contribution in [2.45, 2.75) is 37.4 Å². The van der Waals surface area contributed by atoms with Gasteiger partial charge in [-0.05, 0) is 18.6 Å². The van der Waals surface area contributed by atoms with Gasteiger partial charge in [-0.2, -0.15) is 0 Å². The molecule has 1 aromatic rings. The van der Waals surface area contributed by atoms with Crippen molar-refractivity contribution in [3.05, 3.63) is 29.6 Å². The molecular weight excluding hydrogens is 271 g/mol. The summed E-state index contributed by atoms with van der Waals surface area (Å²) in [6, 6.07) is 4.97. The Balaban J connectivity index is 3.01. The van der Waals surface area contributed by atoms with Crippen molar-refractivity contribution >= 4 is 15.9 Å². The number of halogens is 2. The van der Waals surface area contributed by atoms with Crippen LogP contribution in [0.25, 0.3) is 0 Å². The summed E-state index contributed by atoms with van der Waals surface area (Å²) in [6.07, 6.45) is 2.11. The van der Waals surface area contributed by atoms with Crippen molar-refractivity contribution in [1.29, 1.82) is 0 Å². The fourth-order valence-electron chi connectivity index (χ4n) is 1.84. The predicted octanol–water partition coefficient (Wildman–Crippen LogP) is 4.50. The highest BCUT2D eigenvalue weighted by atomic mass is 79.9. The van der Waals surface area contributed by atoms with Crippen LogP contribution in [0.1, 0.15) is 38.2 Å². The van der Waals surface area contributed by atoms with Crippen LogP contribution in [0.4, 0.5) is 4.39 Å². The summed E-state index contributed by atoms with van der Waals surface area (Å²) in [6.45, 7) is 4.15. The molecule has 0 bridgehead atoms. The molecule has 90 valence electrons. The molecule has 0 aliphatic heterocycles. The normalized spacial score (nSPS) is 14.6. The third-order valence-corrected chi connectivity index (χ3v) is 4.05. The third kappa shape index (κ3) is 2.97. The summed E-state index contributed by atoms with van der Waals surface area (Å²) in [4.78, 5) is 0.281. The Labute approximate surface area is 105 Å². The number of hydrogen-bond acceptors (Lipinski definition) is 1. The lowest BCUT2D eigenvalue weighted by Gasteiger charge is -2.21.